The summed E-state index contributed by atoms with van der Waals surface area (Å²) in [6.07, 6.45) is 12.6. The number of allylic oxidation sites excluding steroid dienone is 1. The van der Waals surface area contributed by atoms with Crippen LogP contribution in [0.15, 0.2) is 11.6 Å². The third-order valence-corrected chi connectivity index (χ3v) is 2.61. The molecule has 0 bridgehead atoms. The van der Waals surface area contributed by atoms with Crippen molar-refractivity contribution in [2.45, 2.75) is 65.2 Å². The van der Waals surface area contributed by atoms with E-state index >= 15 is 0 Å². The molecule has 0 aliphatic rings. The second-order valence-electron chi connectivity index (χ2n) is 4.10. The van der Waals surface area contributed by atoms with E-state index in [9.17, 15) is 0 Å². The molecule has 0 aromatic heterocycles. The fourth-order valence-corrected chi connectivity index (χ4v) is 1.62. The van der Waals surface area contributed by atoms with Gasteiger partial charge in [0, 0.05) is 0 Å². The van der Waals surface area contributed by atoms with Gasteiger partial charge in [-0.25, -0.2) is 0 Å². The van der Waals surface area contributed by atoms with Crippen LogP contribution in [-0.4, -0.2) is 11.7 Å². The molecule has 0 unspecified atom stereocenters. The monoisotopic (exact) mass is 198 g/mol. The van der Waals surface area contributed by atoms with Crippen LogP contribution in [0.2, 0.25) is 0 Å². The first-order valence-electron chi connectivity index (χ1n) is 6.07. The second-order valence-corrected chi connectivity index (χ2v) is 4.10. The van der Waals surface area contributed by atoms with Crippen molar-refractivity contribution in [3.8, 4) is 0 Å². The Morgan fingerprint density at radius 1 is 1.00 bits per heavy atom. The summed E-state index contributed by atoms with van der Waals surface area (Å²) < 4.78 is 0. The number of hydrogen-bond donors (Lipinski definition) is 1. The Morgan fingerprint density at radius 2 is 1.57 bits per heavy atom. The fourth-order valence-electron chi connectivity index (χ4n) is 1.62. The Kier molecular flexibility index (Phi) is 10.5. The van der Waals surface area contributed by atoms with Crippen molar-refractivity contribution in [3.63, 3.8) is 0 Å². The zero-order valence-electron chi connectivity index (χ0n) is 9.89. The molecular formula is C13H26O. The minimum absolute atomic E-state index is 0.197. The molecule has 0 saturated heterocycles. The van der Waals surface area contributed by atoms with E-state index in [1.807, 2.05) is 6.08 Å². The van der Waals surface area contributed by atoms with Crippen LogP contribution in [0.1, 0.15) is 65.2 Å². The summed E-state index contributed by atoms with van der Waals surface area (Å²) in [6.45, 7) is 4.55. The SMILES string of the molecule is CCCCCCCCC/C(C)=C/CO. The quantitative estimate of drug-likeness (QED) is 0.437. The first-order valence-corrected chi connectivity index (χ1v) is 6.07. The smallest absolute Gasteiger partial charge is 0.0614 e. The van der Waals surface area contributed by atoms with Gasteiger partial charge in [-0.2, -0.15) is 0 Å². The Hall–Kier alpha value is -0.300. The minimum atomic E-state index is 0.197. The highest BCUT2D eigenvalue weighted by Gasteiger charge is 1.92. The number of aliphatic hydroxyl groups is 1. The zero-order valence-corrected chi connectivity index (χ0v) is 9.89. The lowest BCUT2D eigenvalue weighted by Gasteiger charge is -2.01. The number of rotatable bonds is 9. The molecule has 0 rings (SSSR count). The lowest BCUT2D eigenvalue weighted by molar-refractivity contribution is 0.341. The van der Waals surface area contributed by atoms with E-state index in [1.54, 1.807) is 0 Å². The van der Waals surface area contributed by atoms with E-state index in [0.717, 1.165) is 6.42 Å². The summed E-state index contributed by atoms with van der Waals surface area (Å²) in [5, 5.41) is 8.66. The van der Waals surface area contributed by atoms with Gasteiger partial charge in [0.15, 0.2) is 0 Å². The summed E-state index contributed by atoms with van der Waals surface area (Å²) in [7, 11) is 0. The van der Waals surface area contributed by atoms with Gasteiger partial charge in [-0.3, -0.25) is 0 Å². The Balaban J connectivity index is 3.09. The molecule has 0 amide bonds. The molecule has 0 aromatic carbocycles. The summed E-state index contributed by atoms with van der Waals surface area (Å²) in [4.78, 5) is 0. The molecule has 0 heterocycles. The van der Waals surface area contributed by atoms with E-state index < -0.39 is 0 Å². The van der Waals surface area contributed by atoms with E-state index in [4.69, 9.17) is 5.11 Å². The van der Waals surface area contributed by atoms with Crippen LogP contribution in [0.5, 0.6) is 0 Å². The molecule has 0 saturated carbocycles. The van der Waals surface area contributed by atoms with E-state index in [0.29, 0.717) is 0 Å². The second kappa shape index (κ2) is 10.8. The van der Waals surface area contributed by atoms with Gasteiger partial charge in [-0.05, 0) is 19.8 Å². The first-order chi connectivity index (χ1) is 6.81. The van der Waals surface area contributed by atoms with Gasteiger partial charge in [-0.15, -0.1) is 0 Å². The maximum atomic E-state index is 8.66. The van der Waals surface area contributed by atoms with Crippen LogP contribution >= 0.6 is 0 Å². The van der Waals surface area contributed by atoms with E-state index in [2.05, 4.69) is 13.8 Å². The van der Waals surface area contributed by atoms with E-state index in [-0.39, 0.29) is 6.61 Å². The third kappa shape index (κ3) is 9.79. The van der Waals surface area contributed by atoms with Crippen LogP contribution in [0.3, 0.4) is 0 Å². The molecule has 0 radical (unpaired) electrons. The fraction of sp³-hybridized carbons (Fsp3) is 0.846. The predicted octanol–water partition coefficient (Wildman–Crippen LogP) is 4.07. The van der Waals surface area contributed by atoms with Crippen molar-refractivity contribution >= 4 is 0 Å². The average molecular weight is 198 g/mol. The van der Waals surface area contributed by atoms with Crippen LogP contribution in [0.25, 0.3) is 0 Å². The summed E-state index contributed by atoms with van der Waals surface area (Å²) in [6, 6.07) is 0. The van der Waals surface area contributed by atoms with Crippen LogP contribution < -0.4 is 0 Å². The topological polar surface area (TPSA) is 20.2 Å². The highest BCUT2D eigenvalue weighted by Crippen LogP contribution is 2.11. The number of unbranched alkanes of at least 4 members (excludes halogenated alkanes) is 6. The Morgan fingerprint density at radius 3 is 2.14 bits per heavy atom. The molecule has 1 heteroatoms. The molecule has 0 fully saturated rings. The first kappa shape index (κ1) is 13.7. The summed E-state index contributed by atoms with van der Waals surface area (Å²) in [5.41, 5.74) is 1.33. The molecular weight excluding hydrogens is 172 g/mol. The van der Waals surface area contributed by atoms with Crippen molar-refractivity contribution in [2.24, 2.45) is 0 Å². The number of hydrogen-bond acceptors (Lipinski definition) is 1. The van der Waals surface area contributed by atoms with E-state index in [1.165, 1.54) is 50.5 Å². The lowest BCUT2D eigenvalue weighted by atomic mass is 10.1. The highest BCUT2D eigenvalue weighted by atomic mass is 16.2. The van der Waals surface area contributed by atoms with Crippen LogP contribution in [0.4, 0.5) is 0 Å². The maximum absolute atomic E-state index is 8.66. The largest absolute Gasteiger partial charge is 0.392 e. The van der Waals surface area contributed by atoms with Crippen LogP contribution in [-0.2, 0) is 0 Å². The Labute approximate surface area is 89.2 Å². The van der Waals surface area contributed by atoms with Gasteiger partial charge < -0.3 is 5.11 Å². The standard InChI is InChI=1S/C13H26O/c1-3-4-5-6-7-8-9-10-13(2)11-12-14/h11,14H,3-10,12H2,1-2H3/b13-11+. The lowest BCUT2D eigenvalue weighted by Crippen LogP contribution is -1.83. The van der Waals surface area contributed by atoms with Crippen molar-refractivity contribution in [1.29, 1.82) is 0 Å². The highest BCUT2D eigenvalue weighted by molar-refractivity contribution is 4.97. The molecule has 0 spiro atoms. The van der Waals surface area contributed by atoms with Gasteiger partial charge in [0.25, 0.3) is 0 Å². The Bertz CT molecular complexity index is 138. The number of aliphatic hydroxyl groups excluding tert-OH is 1. The molecule has 14 heavy (non-hydrogen) atoms. The van der Waals surface area contributed by atoms with Crippen molar-refractivity contribution in [2.75, 3.05) is 6.61 Å². The van der Waals surface area contributed by atoms with Gasteiger partial charge in [0.1, 0.15) is 0 Å². The summed E-state index contributed by atoms with van der Waals surface area (Å²) in [5.74, 6) is 0. The predicted molar refractivity (Wildman–Crippen MR) is 63.5 cm³/mol. The zero-order chi connectivity index (χ0) is 10.6. The molecule has 84 valence electrons. The van der Waals surface area contributed by atoms with Crippen LogP contribution in [0, 0.1) is 0 Å². The third-order valence-electron chi connectivity index (χ3n) is 2.61. The maximum Gasteiger partial charge on any atom is 0.0614 e. The molecule has 1 nitrogen and oxygen atoms in total. The molecule has 0 aromatic rings. The minimum Gasteiger partial charge on any atom is -0.392 e. The van der Waals surface area contributed by atoms with Gasteiger partial charge in [-0.1, -0.05) is 57.1 Å². The van der Waals surface area contributed by atoms with Gasteiger partial charge in [0.05, 0.1) is 6.61 Å². The average Bonchev–Trinajstić information content (AvgIpc) is 2.17. The normalized spacial score (nSPS) is 12.1. The molecule has 1 N–H and O–H groups in total. The molecule has 0 aliphatic heterocycles. The van der Waals surface area contributed by atoms with Crippen molar-refractivity contribution in [3.05, 3.63) is 11.6 Å². The van der Waals surface area contributed by atoms with Gasteiger partial charge >= 0.3 is 0 Å². The van der Waals surface area contributed by atoms with Crippen molar-refractivity contribution < 1.29 is 5.11 Å². The van der Waals surface area contributed by atoms with Crippen molar-refractivity contribution in [1.82, 2.24) is 0 Å². The molecule has 0 aliphatic carbocycles. The summed E-state index contributed by atoms with van der Waals surface area (Å²) >= 11 is 0. The molecule has 0 atom stereocenters. The van der Waals surface area contributed by atoms with Gasteiger partial charge in [0.2, 0.25) is 0 Å².